The van der Waals surface area contributed by atoms with Crippen molar-refractivity contribution in [3.63, 3.8) is 0 Å². The number of nitrogens with zero attached hydrogens (tertiary/aromatic N) is 5. The minimum absolute atomic E-state index is 0.113. The first-order valence-electron chi connectivity index (χ1n) is 15.4. The van der Waals surface area contributed by atoms with Crippen molar-refractivity contribution in [1.29, 1.82) is 21.0 Å². The van der Waals surface area contributed by atoms with E-state index in [-0.39, 0.29) is 11.1 Å². The second-order valence-electron chi connectivity index (χ2n) is 11.1. The predicted octanol–water partition coefficient (Wildman–Crippen LogP) is 11.9. The van der Waals surface area contributed by atoms with Gasteiger partial charge in [0.15, 0.2) is 0 Å². The summed E-state index contributed by atoms with van der Waals surface area (Å²) in [5.74, 6) is 0. The molecule has 230 valence electrons. The summed E-state index contributed by atoms with van der Waals surface area (Å²) in [6.45, 7) is 4.38. The van der Waals surface area contributed by atoms with E-state index in [1.165, 1.54) is 51.1 Å². The minimum Gasteiger partial charge on any atom is -0.307 e. The summed E-state index contributed by atoms with van der Waals surface area (Å²) < 4.78 is 4.83. The highest BCUT2D eigenvalue weighted by Crippen LogP contribution is 2.50. The third-order valence-electron chi connectivity index (χ3n) is 7.89. The molecule has 0 spiro atoms. The van der Waals surface area contributed by atoms with E-state index in [1.807, 2.05) is 30.3 Å². The molecular formula is C38H29N5S4. The Kier molecular flexibility index (Phi) is 9.84. The van der Waals surface area contributed by atoms with Crippen molar-refractivity contribution in [2.45, 2.75) is 52.4 Å². The molecule has 6 aromatic rings. The lowest BCUT2D eigenvalue weighted by Gasteiger charge is -2.06. The number of unbranched alkanes of at least 4 members (excludes halogenated alkanes) is 2. The van der Waals surface area contributed by atoms with E-state index in [4.69, 9.17) is 0 Å². The molecule has 0 aliphatic carbocycles. The Bertz CT molecular complexity index is 2150. The molecule has 0 radical (unpaired) electrons. The quantitative estimate of drug-likeness (QED) is 0.127. The van der Waals surface area contributed by atoms with Gasteiger partial charge in [-0.1, -0.05) is 44.9 Å². The summed E-state index contributed by atoms with van der Waals surface area (Å²) in [5.41, 5.74) is 6.17. The van der Waals surface area contributed by atoms with Gasteiger partial charge in [-0.15, -0.1) is 45.3 Å². The van der Waals surface area contributed by atoms with Gasteiger partial charge >= 0.3 is 0 Å². The highest BCUT2D eigenvalue weighted by Gasteiger charge is 2.23. The number of aromatic nitrogens is 1. The van der Waals surface area contributed by atoms with E-state index in [1.54, 1.807) is 57.5 Å². The Hall–Kier alpha value is -4.74. The van der Waals surface area contributed by atoms with Crippen LogP contribution in [0.25, 0.3) is 57.8 Å². The lowest BCUT2D eigenvalue weighted by atomic mass is 10.1. The molecule has 0 aliphatic heterocycles. The number of aryl methyl sites for hydroxylation is 2. The predicted molar refractivity (Wildman–Crippen MR) is 199 cm³/mol. The van der Waals surface area contributed by atoms with Crippen molar-refractivity contribution in [3.8, 4) is 49.5 Å². The van der Waals surface area contributed by atoms with Crippen LogP contribution in [-0.2, 0) is 12.8 Å². The van der Waals surface area contributed by atoms with E-state index >= 15 is 0 Å². The summed E-state index contributed by atoms with van der Waals surface area (Å²) in [5, 5.41) is 37.5. The number of allylic oxidation sites excluding steroid dienone is 2. The first-order valence-corrected chi connectivity index (χ1v) is 18.7. The van der Waals surface area contributed by atoms with Crippen molar-refractivity contribution in [2.75, 3.05) is 0 Å². The van der Waals surface area contributed by atoms with Crippen molar-refractivity contribution < 1.29 is 0 Å². The van der Waals surface area contributed by atoms with Gasteiger partial charge in [-0.3, -0.25) is 0 Å². The molecule has 0 saturated carbocycles. The van der Waals surface area contributed by atoms with Gasteiger partial charge < -0.3 is 4.57 Å². The Morgan fingerprint density at radius 2 is 1.09 bits per heavy atom. The number of fused-ring (bicyclic) bond motifs is 3. The second-order valence-corrected chi connectivity index (χ2v) is 15.4. The van der Waals surface area contributed by atoms with Gasteiger partial charge in [0.2, 0.25) is 0 Å². The maximum absolute atomic E-state index is 9.37. The van der Waals surface area contributed by atoms with Crippen molar-refractivity contribution >= 4 is 77.9 Å². The molecule has 0 aliphatic rings. The number of hydrogen-bond donors (Lipinski definition) is 0. The molecule has 5 aromatic heterocycles. The average Bonchev–Trinajstić information content (AvgIpc) is 3.91. The summed E-state index contributed by atoms with van der Waals surface area (Å²) in [6.07, 6.45) is 9.58. The molecule has 5 heterocycles. The minimum atomic E-state index is 0.113. The lowest BCUT2D eigenvalue weighted by molar-refractivity contribution is 0.798. The largest absolute Gasteiger partial charge is 0.307 e. The number of para-hydroxylation sites is 1. The number of benzene rings is 1. The molecule has 9 heteroatoms. The first kappa shape index (κ1) is 32.2. The summed E-state index contributed by atoms with van der Waals surface area (Å²) in [7, 11) is 0. The molecule has 5 nitrogen and oxygen atoms in total. The standard InChI is InChI=1S/C38H29N5S4/c1-3-5-10-26-16-29(14-24(20-39)21-40)44-35(26)33-18-31-37(46-33)38-32(43(31)28-12-8-7-9-13-28)19-34(47-38)36-27(11-6-4-2)17-30(45-36)15-25(22-41)23-42/h7-9,12-19H,3-6,10-11H2,1-2H3. The van der Waals surface area contributed by atoms with Crippen LogP contribution in [0, 0.1) is 45.3 Å². The van der Waals surface area contributed by atoms with Crippen LogP contribution in [0.1, 0.15) is 60.4 Å². The zero-order chi connectivity index (χ0) is 32.9. The Morgan fingerprint density at radius 1 is 0.638 bits per heavy atom. The zero-order valence-corrected chi connectivity index (χ0v) is 29.2. The fourth-order valence-corrected chi connectivity index (χ4v) is 10.7. The average molecular weight is 684 g/mol. The summed E-state index contributed by atoms with van der Waals surface area (Å²) in [4.78, 5) is 6.64. The van der Waals surface area contributed by atoms with Crippen LogP contribution < -0.4 is 0 Å². The van der Waals surface area contributed by atoms with Crippen LogP contribution >= 0.6 is 45.3 Å². The third-order valence-corrected chi connectivity index (χ3v) is 12.9. The maximum Gasteiger partial charge on any atom is 0.131 e. The molecule has 0 amide bonds. The molecule has 0 N–H and O–H groups in total. The molecule has 47 heavy (non-hydrogen) atoms. The lowest BCUT2D eigenvalue weighted by Crippen LogP contribution is -1.91. The summed E-state index contributed by atoms with van der Waals surface area (Å²) >= 11 is 6.90. The molecular weight excluding hydrogens is 655 g/mol. The third kappa shape index (κ3) is 6.45. The molecule has 0 unspecified atom stereocenters. The number of rotatable bonds is 11. The highest BCUT2D eigenvalue weighted by atomic mass is 32.1. The van der Waals surface area contributed by atoms with Crippen LogP contribution in [0.2, 0.25) is 0 Å². The molecule has 0 bridgehead atoms. The van der Waals surface area contributed by atoms with Crippen molar-refractivity contribution in [3.05, 3.63) is 86.6 Å². The fraction of sp³-hybridized carbons (Fsp3) is 0.211. The van der Waals surface area contributed by atoms with E-state index in [0.29, 0.717) is 0 Å². The molecule has 0 fully saturated rings. The smallest absolute Gasteiger partial charge is 0.131 e. The van der Waals surface area contributed by atoms with E-state index < -0.39 is 0 Å². The van der Waals surface area contributed by atoms with E-state index in [9.17, 15) is 21.0 Å². The van der Waals surface area contributed by atoms with Gasteiger partial charge in [0.25, 0.3) is 0 Å². The molecule has 1 aromatic carbocycles. The molecule has 6 rings (SSSR count). The second kappa shape index (κ2) is 14.4. The van der Waals surface area contributed by atoms with Crippen LogP contribution in [0.4, 0.5) is 0 Å². The van der Waals surface area contributed by atoms with Gasteiger partial charge in [-0.25, -0.2) is 0 Å². The van der Waals surface area contributed by atoms with Crippen LogP contribution in [0.15, 0.2) is 65.7 Å². The van der Waals surface area contributed by atoms with E-state index in [2.05, 4.69) is 66.9 Å². The highest BCUT2D eigenvalue weighted by molar-refractivity contribution is 7.32. The van der Waals surface area contributed by atoms with Gasteiger partial charge in [0.05, 0.1) is 20.4 Å². The number of hydrogen-bond acceptors (Lipinski definition) is 8. The Balaban J connectivity index is 1.55. The van der Waals surface area contributed by atoms with Gasteiger partial charge in [0, 0.05) is 35.0 Å². The monoisotopic (exact) mass is 683 g/mol. The Labute approximate surface area is 290 Å². The van der Waals surface area contributed by atoms with Crippen molar-refractivity contribution in [2.24, 2.45) is 0 Å². The first-order chi connectivity index (χ1) is 23.0. The van der Waals surface area contributed by atoms with Crippen LogP contribution in [-0.4, -0.2) is 4.57 Å². The van der Waals surface area contributed by atoms with Crippen LogP contribution in [0.3, 0.4) is 0 Å². The van der Waals surface area contributed by atoms with Gasteiger partial charge in [-0.05, 0) is 85.4 Å². The Morgan fingerprint density at radius 3 is 1.49 bits per heavy atom. The normalized spacial score (nSPS) is 10.8. The molecule has 0 atom stereocenters. The SMILES string of the molecule is CCCCc1cc(C=C(C#N)C#N)sc1-c1cc2c(s1)c1sc(-c3sc(C=C(C#N)C#N)cc3CCCC)cc1n2-c1ccccc1. The molecule has 0 saturated heterocycles. The fourth-order valence-electron chi connectivity index (χ4n) is 5.66. The van der Waals surface area contributed by atoms with E-state index in [0.717, 1.165) is 54.0 Å². The summed E-state index contributed by atoms with van der Waals surface area (Å²) in [6, 6.07) is 27.3. The number of thiophene rings is 4. The van der Waals surface area contributed by atoms with Gasteiger partial charge in [-0.2, -0.15) is 21.0 Å². The maximum atomic E-state index is 9.37. The zero-order valence-electron chi connectivity index (χ0n) is 26.0. The number of nitriles is 4. The van der Waals surface area contributed by atoms with Gasteiger partial charge in [0.1, 0.15) is 35.4 Å². The van der Waals surface area contributed by atoms with Crippen molar-refractivity contribution in [1.82, 2.24) is 4.57 Å². The van der Waals surface area contributed by atoms with Crippen LogP contribution in [0.5, 0.6) is 0 Å². The topological polar surface area (TPSA) is 100 Å².